The highest BCUT2D eigenvalue weighted by molar-refractivity contribution is 6.32. The molecule has 1 aliphatic heterocycles. The van der Waals surface area contributed by atoms with Crippen molar-refractivity contribution in [2.75, 3.05) is 17.3 Å². The van der Waals surface area contributed by atoms with Crippen molar-refractivity contribution >= 4 is 28.9 Å². The molecule has 4 rings (SSSR count). The van der Waals surface area contributed by atoms with E-state index in [-0.39, 0.29) is 23.5 Å². The van der Waals surface area contributed by atoms with E-state index in [4.69, 9.17) is 11.6 Å². The molecule has 12 heteroatoms. The lowest BCUT2D eigenvalue weighted by molar-refractivity contribution is -0.274. The number of aryl methyl sites for hydroxylation is 3. The minimum absolute atomic E-state index is 0.0676. The van der Waals surface area contributed by atoms with Gasteiger partial charge in [-0.25, -0.2) is 4.68 Å². The molecule has 0 spiro atoms. The summed E-state index contributed by atoms with van der Waals surface area (Å²) in [6, 6.07) is 5.85. The molecule has 3 aromatic rings. The maximum absolute atomic E-state index is 12.5. The molecule has 0 fully saturated rings. The summed E-state index contributed by atoms with van der Waals surface area (Å²) in [6.07, 6.45) is -1.92. The Morgan fingerprint density at radius 1 is 1.21 bits per heavy atom. The number of hydrogen-bond acceptors (Lipinski definition) is 6. The number of likely N-dealkylation sites (N-methyl/N-ethyl adjacent to an activating group) is 1. The lowest BCUT2D eigenvalue weighted by Crippen LogP contribution is -2.44. The third kappa shape index (κ3) is 5.24. The number of nitrogens with one attached hydrogen (secondary N) is 1. The van der Waals surface area contributed by atoms with E-state index in [0.717, 1.165) is 22.8 Å². The molecule has 0 saturated heterocycles. The fraction of sp³-hybridized carbons (Fsp3) is 0.364. The second-order valence-corrected chi connectivity index (χ2v) is 8.50. The third-order valence-electron chi connectivity index (χ3n) is 5.61. The molecule has 1 atom stereocenters. The first-order valence-electron chi connectivity index (χ1n) is 10.5. The standard InChI is InChI=1S/C22H22ClF3N6O2/c1-12-20-18(31(3)13(2)21(33)28-20)9-15(27-12)5-6-16-11-32(30-29-16)10-14-4-7-17(23)19(8-14)34-22(24,25)26/h4,7-9,11,13H,5-6,10H2,1-3H3,(H,28,33)/t13-/m0/s1. The Hall–Kier alpha value is -3.34. The lowest BCUT2D eigenvalue weighted by Gasteiger charge is -2.34. The molecule has 1 aromatic carbocycles. The molecule has 0 radical (unpaired) electrons. The summed E-state index contributed by atoms with van der Waals surface area (Å²) in [6.45, 7) is 3.90. The number of halogens is 4. The van der Waals surface area contributed by atoms with Crippen molar-refractivity contribution < 1.29 is 22.7 Å². The predicted octanol–water partition coefficient (Wildman–Crippen LogP) is 4.14. The summed E-state index contributed by atoms with van der Waals surface area (Å²) in [5, 5.41) is 11.0. The Kier molecular flexibility index (Phi) is 6.39. The van der Waals surface area contributed by atoms with Crippen LogP contribution >= 0.6 is 11.6 Å². The zero-order chi connectivity index (χ0) is 24.6. The molecule has 1 aliphatic rings. The van der Waals surface area contributed by atoms with Gasteiger partial charge in [-0.2, -0.15) is 0 Å². The van der Waals surface area contributed by atoms with Crippen LogP contribution in [0.1, 0.15) is 29.6 Å². The van der Waals surface area contributed by atoms with E-state index < -0.39 is 12.1 Å². The number of aromatic nitrogens is 4. The molecule has 2 aromatic heterocycles. The molecular weight excluding hydrogens is 473 g/mol. The first-order valence-corrected chi connectivity index (χ1v) is 10.9. The molecule has 1 N–H and O–H groups in total. The van der Waals surface area contributed by atoms with Crippen molar-refractivity contribution in [3.63, 3.8) is 0 Å². The van der Waals surface area contributed by atoms with Crippen LogP contribution in [0.3, 0.4) is 0 Å². The lowest BCUT2D eigenvalue weighted by atomic mass is 10.1. The largest absolute Gasteiger partial charge is 0.573 e. The summed E-state index contributed by atoms with van der Waals surface area (Å²) in [5.41, 5.74) is 4.48. The number of alkyl halides is 3. The normalized spacial score (nSPS) is 15.8. The molecule has 1 amide bonds. The van der Waals surface area contributed by atoms with Gasteiger partial charge in [0.05, 0.1) is 34.3 Å². The summed E-state index contributed by atoms with van der Waals surface area (Å²) in [7, 11) is 1.87. The SMILES string of the molecule is Cc1nc(CCc2cn(Cc3ccc(Cl)c(OC(F)(F)F)c3)nn2)cc2c1NC(=O)[C@H](C)N2C. The molecule has 0 unspecified atom stereocenters. The number of hydrogen-bond donors (Lipinski definition) is 1. The topological polar surface area (TPSA) is 85.2 Å². The van der Waals surface area contributed by atoms with Crippen molar-refractivity contribution in [1.29, 1.82) is 0 Å². The summed E-state index contributed by atoms with van der Waals surface area (Å²) < 4.78 is 43.1. The molecule has 0 bridgehead atoms. The van der Waals surface area contributed by atoms with E-state index in [2.05, 4.69) is 25.3 Å². The summed E-state index contributed by atoms with van der Waals surface area (Å²) >= 11 is 5.80. The second-order valence-electron chi connectivity index (χ2n) is 8.09. The van der Waals surface area contributed by atoms with Gasteiger partial charge in [0.2, 0.25) is 5.91 Å². The van der Waals surface area contributed by atoms with Gasteiger partial charge in [0, 0.05) is 18.9 Å². The van der Waals surface area contributed by atoms with E-state index in [1.807, 2.05) is 31.9 Å². The van der Waals surface area contributed by atoms with Crippen LogP contribution in [0.4, 0.5) is 24.5 Å². The molecule has 0 aliphatic carbocycles. The van der Waals surface area contributed by atoms with Crippen molar-refractivity contribution in [2.45, 2.75) is 45.6 Å². The van der Waals surface area contributed by atoms with E-state index in [0.29, 0.717) is 24.1 Å². The smallest absolute Gasteiger partial charge is 0.404 e. The second kappa shape index (κ2) is 9.13. The highest BCUT2D eigenvalue weighted by Crippen LogP contribution is 2.34. The van der Waals surface area contributed by atoms with Gasteiger partial charge in [0.1, 0.15) is 11.8 Å². The highest BCUT2D eigenvalue weighted by Gasteiger charge is 2.32. The third-order valence-corrected chi connectivity index (χ3v) is 5.92. The number of anilines is 2. The fourth-order valence-electron chi connectivity index (χ4n) is 3.71. The maximum atomic E-state index is 12.5. The minimum Gasteiger partial charge on any atom is -0.404 e. The molecule has 180 valence electrons. The summed E-state index contributed by atoms with van der Waals surface area (Å²) in [4.78, 5) is 18.6. The molecule has 0 saturated carbocycles. The van der Waals surface area contributed by atoms with Crippen molar-refractivity contribution in [3.05, 3.63) is 58.1 Å². The van der Waals surface area contributed by atoms with Crippen molar-refractivity contribution in [2.24, 2.45) is 0 Å². The Balaban J connectivity index is 1.43. The van der Waals surface area contributed by atoms with Gasteiger partial charge in [-0.05, 0) is 50.5 Å². The van der Waals surface area contributed by atoms with Crippen LogP contribution in [-0.2, 0) is 24.2 Å². The van der Waals surface area contributed by atoms with E-state index in [9.17, 15) is 18.0 Å². The minimum atomic E-state index is -4.83. The van der Waals surface area contributed by atoms with E-state index in [1.165, 1.54) is 16.8 Å². The van der Waals surface area contributed by atoms with Crippen molar-refractivity contribution in [3.8, 4) is 5.75 Å². The van der Waals surface area contributed by atoms with Crippen molar-refractivity contribution in [1.82, 2.24) is 20.0 Å². The number of rotatable bonds is 6. The Labute approximate surface area is 198 Å². The van der Waals surface area contributed by atoms with E-state index in [1.54, 1.807) is 12.3 Å². The van der Waals surface area contributed by atoms with Crippen LogP contribution in [0.5, 0.6) is 5.75 Å². The Bertz CT molecular complexity index is 1230. The van der Waals surface area contributed by atoms with Crippen LogP contribution in [0, 0.1) is 6.92 Å². The average molecular weight is 495 g/mol. The van der Waals surface area contributed by atoms with Crippen LogP contribution in [-0.4, -0.2) is 45.3 Å². The number of amides is 1. The zero-order valence-corrected chi connectivity index (χ0v) is 19.4. The Morgan fingerprint density at radius 2 is 1.94 bits per heavy atom. The maximum Gasteiger partial charge on any atom is 0.573 e. The fourth-order valence-corrected chi connectivity index (χ4v) is 3.87. The summed E-state index contributed by atoms with van der Waals surface area (Å²) in [5.74, 6) is -0.529. The van der Waals surface area contributed by atoms with Gasteiger partial charge in [0.15, 0.2) is 0 Å². The highest BCUT2D eigenvalue weighted by atomic mass is 35.5. The molecule has 8 nitrogen and oxygen atoms in total. The zero-order valence-electron chi connectivity index (χ0n) is 18.6. The van der Waals surface area contributed by atoms with Gasteiger partial charge < -0.3 is 15.0 Å². The van der Waals surface area contributed by atoms with Gasteiger partial charge in [0.25, 0.3) is 0 Å². The number of carbonyl (C=O) groups is 1. The molecular formula is C22H22ClF3N6O2. The number of fused-ring (bicyclic) bond motifs is 1. The van der Waals surface area contributed by atoms with Crippen LogP contribution < -0.4 is 15.0 Å². The first kappa shape index (κ1) is 23.8. The van der Waals surface area contributed by atoms with Gasteiger partial charge in [-0.15, -0.1) is 18.3 Å². The van der Waals surface area contributed by atoms with Crippen LogP contribution in [0.2, 0.25) is 5.02 Å². The number of pyridine rings is 1. The number of benzene rings is 1. The first-order chi connectivity index (χ1) is 16.0. The monoisotopic (exact) mass is 494 g/mol. The number of carbonyl (C=O) groups excluding carboxylic acids is 1. The number of ether oxygens (including phenoxy) is 1. The molecule has 3 heterocycles. The Morgan fingerprint density at radius 3 is 2.68 bits per heavy atom. The number of nitrogens with zero attached hydrogens (tertiary/aromatic N) is 5. The van der Waals surface area contributed by atoms with Gasteiger partial charge >= 0.3 is 6.36 Å². The van der Waals surface area contributed by atoms with Gasteiger partial charge in [-0.3, -0.25) is 9.78 Å². The average Bonchev–Trinajstić information content (AvgIpc) is 3.20. The van der Waals surface area contributed by atoms with Crippen LogP contribution in [0.15, 0.2) is 30.5 Å². The molecule has 34 heavy (non-hydrogen) atoms. The predicted molar refractivity (Wildman–Crippen MR) is 120 cm³/mol. The quantitative estimate of drug-likeness (QED) is 0.554. The van der Waals surface area contributed by atoms with Gasteiger partial charge in [-0.1, -0.05) is 22.9 Å². The van der Waals surface area contributed by atoms with Crippen LogP contribution in [0.25, 0.3) is 0 Å². The van der Waals surface area contributed by atoms with E-state index >= 15 is 0 Å².